The first kappa shape index (κ1) is 13.9. The summed E-state index contributed by atoms with van der Waals surface area (Å²) in [5.41, 5.74) is 0. The Morgan fingerprint density at radius 1 is 0.786 bits per heavy atom. The van der Waals surface area contributed by atoms with Crippen molar-refractivity contribution in [1.29, 1.82) is 0 Å². The molecule has 0 aliphatic carbocycles. The van der Waals surface area contributed by atoms with Crippen molar-refractivity contribution in [2.24, 2.45) is 0 Å². The second-order valence-corrected chi connectivity index (χ2v) is 3.63. The molecule has 1 radical (unpaired) electrons. The zero-order valence-corrected chi connectivity index (χ0v) is 9.27. The van der Waals surface area contributed by atoms with E-state index in [4.69, 9.17) is 4.74 Å². The molecule has 2 heteroatoms. The van der Waals surface area contributed by atoms with Crippen LogP contribution in [0.25, 0.3) is 0 Å². The van der Waals surface area contributed by atoms with E-state index in [1.165, 1.54) is 25.7 Å². The van der Waals surface area contributed by atoms with Gasteiger partial charge in [0, 0.05) is 13.2 Å². The Morgan fingerprint density at radius 2 is 1.36 bits per heavy atom. The van der Waals surface area contributed by atoms with E-state index in [-0.39, 0.29) is 6.67 Å². The van der Waals surface area contributed by atoms with E-state index < -0.39 is 0 Å². The van der Waals surface area contributed by atoms with Crippen LogP contribution in [0.3, 0.4) is 0 Å². The van der Waals surface area contributed by atoms with Gasteiger partial charge in [-0.25, -0.2) is 0 Å². The van der Waals surface area contributed by atoms with E-state index in [0.717, 1.165) is 32.5 Å². The highest BCUT2D eigenvalue weighted by atomic mass is 19.1. The summed E-state index contributed by atoms with van der Waals surface area (Å²) in [5.74, 6) is 0. The first-order chi connectivity index (χ1) is 6.91. The number of hydrogen-bond donors (Lipinski definition) is 0. The molecule has 0 atom stereocenters. The highest BCUT2D eigenvalue weighted by Gasteiger charge is 1.91. The van der Waals surface area contributed by atoms with Crippen LogP contribution < -0.4 is 0 Å². The second-order valence-electron chi connectivity index (χ2n) is 3.63. The smallest absolute Gasteiger partial charge is 0.0895 e. The molecule has 0 saturated carbocycles. The summed E-state index contributed by atoms with van der Waals surface area (Å²) in [5, 5.41) is 0. The fraction of sp³-hybridized carbons (Fsp3) is 0.917. The van der Waals surface area contributed by atoms with Gasteiger partial charge >= 0.3 is 0 Å². The first-order valence-corrected chi connectivity index (χ1v) is 5.84. The number of rotatable bonds is 11. The van der Waals surface area contributed by atoms with Gasteiger partial charge in [-0.15, -0.1) is 0 Å². The minimum atomic E-state index is -0.214. The molecule has 0 spiro atoms. The van der Waals surface area contributed by atoms with Crippen molar-refractivity contribution < 1.29 is 9.13 Å². The molecule has 0 aliphatic rings. The summed E-state index contributed by atoms with van der Waals surface area (Å²) in [7, 11) is 0. The fourth-order valence-electron chi connectivity index (χ4n) is 1.31. The lowest BCUT2D eigenvalue weighted by molar-refractivity contribution is 0.124. The van der Waals surface area contributed by atoms with Crippen molar-refractivity contribution in [2.75, 3.05) is 19.9 Å². The third-order valence-corrected chi connectivity index (χ3v) is 2.21. The Bertz CT molecular complexity index is 84.3. The van der Waals surface area contributed by atoms with Gasteiger partial charge in [0.2, 0.25) is 0 Å². The Morgan fingerprint density at radius 3 is 2.00 bits per heavy atom. The van der Waals surface area contributed by atoms with Crippen LogP contribution in [0.5, 0.6) is 0 Å². The van der Waals surface area contributed by atoms with E-state index in [1.807, 2.05) is 0 Å². The van der Waals surface area contributed by atoms with Crippen LogP contribution in [0.2, 0.25) is 0 Å². The lowest BCUT2D eigenvalue weighted by atomic mass is 10.1. The number of halogens is 1. The van der Waals surface area contributed by atoms with Gasteiger partial charge in [0.15, 0.2) is 0 Å². The third-order valence-electron chi connectivity index (χ3n) is 2.21. The van der Waals surface area contributed by atoms with Gasteiger partial charge in [-0.3, -0.25) is 4.39 Å². The van der Waals surface area contributed by atoms with Crippen molar-refractivity contribution >= 4 is 0 Å². The van der Waals surface area contributed by atoms with Gasteiger partial charge < -0.3 is 4.74 Å². The third kappa shape index (κ3) is 11.9. The average Bonchev–Trinajstić information content (AvgIpc) is 2.21. The fourth-order valence-corrected chi connectivity index (χ4v) is 1.31. The molecule has 0 aliphatic heterocycles. The van der Waals surface area contributed by atoms with E-state index in [0.29, 0.717) is 6.42 Å². The van der Waals surface area contributed by atoms with Gasteiger partial charge in [-0.05, 0) is 19.3 Å². The highest BCUT2D eigenvalue weighted by molar-refractivity contribution is 4.46. The zero-order valence-electron chi connectivity index (χ0n) is 9.27. The SMILES string of the molecule is [CH2]CCCCCCCOCCCCF. The minimum absolute atomic E-state index is 0.214. The molecule has 0 bridgehead atoms. The lowest BCUT2D eigenvalue weighted by Gasteiger charge is -2.03. The number of ether oxygens (including phenoxy) is 1. The van der Waals surface area contributed by atoms with Crippen LogP contribution in [-0.2, 0) is 4.74 Å². The Labute approximate surface area is 88.0 Å². The molecular formula is C12H24FO. The largest absolute Gasteiger partial charge is 0.381 e. The number of hydrogen-bond acceptors (Lipinski definition) is 1. The Hall–Kier alpha value is -0.110. The highest BCUT2D eigenvalue weighted by Crippen LogP contribution is 2.04. The molecular weight excluding hydrogens is 179 g/mol. The van der Waals surface area contributed by atoms with Crippen LogP contribution in [0.4, 0.5) is 4.39 Å². The lowest BCUT2D eigenvalue weighted by Crippen LogP contribution is -1.97. The molecule has 0 N–H and O–H groups in total. The molecule has 0 aromatic heterocycles. The second kappa shape index (κ2) is 12.9. The van der Waals surface area contributed by atoms with Crippen molar-refractivity contribution in [2.45, 2.75) is 51.4 Å². The molecule has 0 heterocycles. The standard InChI is InChI=1S/C12H24FO/c1-2-3-4-5-6-8-11-14-12-9-7-10-13/h1-12H2. The van der Waals surface area contributed by atoms with Crippen molar-refractivity contribution in [3.05, 3.63) is 6.92 Å². The normalized spacial score (nSPS) is 10.7. The van der Waals surface area contributed by atoms with Crippen molar-refractivity contribution in [1.82, 2.24) is 0 Å². The van der Waals surface area contributed by atoms with Gasteiger partial charge in [0.1, 0.15) is 0 Å². The molecule has 1 nitrogen and oxygen atoms in total. The summed E-state index contributed by atoms with van der Waals surface area (Å²) in [4.78, 5) is 0. The maximum Gasteiger partial charge on any atom is 0.0895 e. The minimum Gasteiger partial charge on any atom is -0.381 e. The summed E-state index contributed by atoms with van der Waals surface area (Å²) in [6.07, 6.45) is 8.79. The van der Waals surface area contributed by atoms with Gasteiger partial charge in [-0.2, -0.15) is 0 Å². The predicted molar refractivity (Wildman–Crippen MR) is 59.1 cm³/mol. The van der Waals surface area contributed by atoms with Gasteiger partial charge in [-0.1, -0.05) is 39.0 Å². The van der Waals surface area contributed by atoms with E-state index in [9.17, 15) is 4.39 Å². The van der Waals surface area contributed by atoms with Crippen LogP contribution >= 0.6 is 0 Å². The number of alkyl halides is 1. The summed E-state index contributed by atoms with van der Waals surface area (Å²) >= 11 is 0. The van der Waals surface area contributed by atoms with Crippen LogP contribution in [0.15, 0.2) is 0 Å². The summed E-state index contributed by atoms with van der Waals surface area (Å²) in [6.45, 7) is 5.16. The summed E-state index contributed by atoms with van der Waals surface area (Å²) in [6, 6.07) is 0. The predicted octanol–water partition coefficient (Wildman–Crippen LogP) is 3.93. The maximum atomic E-state index is 11.7. The zero-order chi connectivity index (χ0) is 10.5. The Balaban J connectivity index is 2.78. The summed E-state index contributed by atoms with van der Waals surface area (Å²) < 4.78 is 17.0. The first-order valence-electron chi connectivity index (χ1n) is 5.84. The maximum absolute atomic E-state index is 11.7. The molecule has 0 saturated heterocycles. The van der Waals surface area contributed by atoms with Crippen LogP contribution in [-0.4, -0.2) is 19.9 Å². The van der Waals surface area contributed by atoms with Crippen molar-refractivity contribution in [3.63, 3.8) is 0 Å². The molecule has 0 unspecified atom stereocenters. The molecule has 0 rings (SSSR count). The molecule has 14 heavy (non-hydrogen) atoms. The van der Waals surface area contributed by atoms with Crippen molar-refractivity contribution in [3.8, 4) is 0 Å². The van der Waals surface area contributed by atoms with E-state index in [2.05, 4.69) is 6.92 Å². The number of unbranched alkanes of at least 4 members (excludes halogenated alkanes) is 6. The van der Waals surface area contributed by atoms with E-state index in [1.54, 1.807) is 0 Å². The molecule has 0 aromatic rings. The quantitative estimate of drug-likeness (QED) is 0.462. The van der Waals surface area contributed by atoms with E-state index >= 15 is 0 Å². The Kier molecular flexibility index (Phi) is 12.8. The molecule has 0 aromatic carbocycles. The van der Waals surface area contributed by atoms with Gasteiger partial charge in [0.05, 0.1) is 6.67 Å². The van der Waals surface area contributed by atoms with Crippen LogP contribution in [0.1, 0.15) is 51.4 Å². The molecule has 0 fully saturated rings. The van der Waals surface area contributed by atoms with Gasteiger partial charge in [0.25, 0.3) is 0 Å². The van der Waals surface area contributed by atoms with Crippen LogP contribution in [0, 0.1) is 6.92 Å². The topological polar surface area (TPSA) is 9.23 Å². The molecule has 0 amide bonds. The molecule has 85 valence electrons. The average molecular weight is 203 g/mol. The monoisotopic (exact) mass is 203 g/mol.